The summed E-state index contributed by atoms with van der Waals surface area (Å²) >= 11 is 0. The Labute approximate surface area is 254 Å². The highest BCUT2D eigenvalue weighted by atomic mass is 19.2. The second-order valence-corrected chi connectivity index (χ2v) is 12.1. The summed E-state index contributed by atoms with van der Waals surface area (Å²) < 4.78 is 44.7. The predicted octanol–water partition coefficient (Wildman–Crippen LogP) is 5.23. The number of carboxylic acids is 1. The zero-order chi connectivity index (χ0) is 32.3. The molecule has 2 atom stereocenters. The SMILES string of the molecule is Cc1cccc(C)c1-c1cc(F)c(F)c([C@H](CC(=O)O)NC(=O)[C@H](CC(C)C)n2nc(CCN3CC(F)C3)cc(C)c2=O)c1. The van der Waals surface area contributed by atoms with Crippen LogP contribution in [0.3, 0.4) is 0 Å². The van der Waals surface area contributed by atoms with Crippen LogP contribution in [0.5, 0.6) is 0 Å². The van der Waals surface area contributed by atoms with Crippen LogP contribution in [0.4, 0.5) is 13.2 Å². The van der Waals surface area contributed by atoms with Crippen LogP contribution in [-0.2, 0) is 16.0 Å². The molecular formula is C33H39F3N4O4. The van der Waals surface area contributed by atoms with Crippen molar-refractivity contribution in [2.24, 2.45) is 5.92 Å². The maximum atomic E-state index is 15.3. The number of nitrogens with zero attached hydrogens (tertiary/aromatic N) is 3. The average molecular weight is 613 g/mol. The van der Waals surface area contributed by atoms with E-state index in [1.54, 1.807) is 13.0 Å². The predicted molar refractivity (Wildman–Crippen MR) is 161 cm³/mol. The molecule has 1 aliphatic heterocycles. The molecule has 8 nitrogen and oxygen atoms in total. The van der Waals surface area contributed by atoms with Gasteiger partial charge in [0.2, 0.25) is 5.91 Å². The van der Waals surface area contributed by atoms with E-state index in [4.69, 9.17) is 0 Å². The fourth-order valence-corrected chi connectivity index (χ4v) is 5.72. The number of aryl methyl sites for hydroxylation is 3. The fraction of sp³-hybridized carbons (Fsp3) is 0.455. The van der Waals surface area contributed by atoms with Gasteiger partial charge in [0, 0.05) is 37.2 Å². The van der Waals surface area contributed by atoms with Gasteiger partial charge in [-0.15, -0.1) is 0 Å². The van der Waals surface area contributed by atoms with Gasteiger partial charge in [0.1, 0.15) is 12.2 Å². The van der Waals surface area contributed by atoms with Crippen molar-refractivity contribution >= 4 is 11.9 Å². The molecule has 2 N–H and O–H groups in total. The Morgan fingerprint density at radius 2 is 1.73 bits per heavy atom. The van der Waals surface area contributed by atoms with Gasteiger partial charge in [-0.05, 0) is 73.6 Å². The molecule has 3 aromatic rings. The number of aromatic nitrogens is 2. The molecule has 0 saturated carbocycles. The Hall–Kier alpha value is -3.99. The van der Waals surface area contributed by atoms with E-state index in [2.05, 4.69) is 10.4 Å². The first kappa shape index (κ1) is 32.9. The lowest BCUT2D eigenvalue weighted by Crippen LogP contribution is -2.49. The van der Waals surface area contributed by atoms with Crippen LogP contribution in [0.25, 0.3) is 11.1 Å². The monoisotopic (exact) mass is 612 g/mol. The summed E-state index contributed by atoms with van der Waals surface area (Å²) in [4.78, 5) is 40.9. The van der Waals surface area contributed by atoms with E-state index in [0.717, 1.165) is 21.9 Å². The molecule has 0 spiro atoms. The quantitative estimate of drug-likeness (QED) is 0.290. The number of carbonyl (C=O) groups excluding carboxylic acids is 1. The van der Waals surface area contributed by atoms with Crippen molar-refractivity contribution in [3.05, 3.63) is 86.3 Å². The van der Waals surface area contributed by atoms with Crippen LogP contribution < -0.4 is 10.9 Å². The molecule has 1 aliphatic rings. The highest BCUT2D eigenvalue weighted by molar-refractivity contribution is 5.82. The number of hydrogen-bond donors (Lipinski definition) is 2. The Bertz CT molecular complexity index is 1580. The lowest BCUT2D eigenvalue weighted by atomic mass is 9.92. The van der Waals surface area contributed by atoms with Gasteiger partial charge in [-0.25, -0.2) is 17.9 Å². The van der Waals surface area contributed by atoms with Crippen LogP contribution in [0.1, 0.15) is 66.7 Å². The summed E-state index contributed by atoms with van der Waals surface area (Å²) in [6.45, 7) is 10.2. The standard InChI is InChI=1S/C33H39F3N4O4/c1-18(2)11-28(40-33(44)21(5)12-24(38-40)9-10-39-16-23(34)17-39)32(43)37-27(15-29(41)42)25-13-22(14-26(35)31(25)36)30-19(3)7-6-8-20(30)4/h6-8,12-14,18,23,27-28H,9-11,15-17H2,1-5H3,(H,37,43)(H,41,42)/t27-,28-/m0/s1. The number of likely N-dealkylation sites (tertiary alicyclic amines) is 1. The minimum Gasteiger partial charge on any atom is -0.481 e. The molecule has 2 aromatic carbocycles. The van der Waals surface area contributed by atoms with Gasteiger partial charge in [0.25, 0.3) is 5.56 Å². The summed E-state index contributed by atoms with van der Waals surface area (Å²) in [6, 6.07) is 6.98. The normalized spacial score (nSPS) is 15.2. The largest absolute Gasteiger partial charge is 0.481 e. The van der Waals surface area contributed by atoms with Gasteiger partial charge in [-0.2, -0.15) is 5.10 Å². The molecule has 0 aliphatic carbocycles. The van der Waals surface area contributed by atoms with Crippen molar-refractivity contribution in [2.45, 2.75) is 72.1 Å². The number of alkyl halides is 1. The fourth-order valence-electron chi connectivity index (χ4n) is 5.72. The molecule has 236 valence electrons. The second-order valence-electron chi connectivity index (χ2n) is 12.1. The maximum absolute atomic E-state index is 15.3. The van der Waals surface area contributed by atoms with Gasteiger partial charge in [0.15, 0.2) is 11.6 Å². The van der Waals surface area contributed by atoms with Gasteiger partial charge in [0.05, 0.1) is 18.2 Å². The van der Waals surface area contributed by atoms with Crippen molar-refractivity contribution in [3.63, 3.8) is 0 Å². The maximum Gasteiger partial charge on any atom is 0.305 e. The molecular weight excluding hydrogens is 573 g/mol. The summed E-state index contributed by atoms with van der Waals surface area (Å²) in [7, 11) is 0. The molecule has 0 bridgehead atoms. The number of amides is 1. The third-order valence-electron chi connectivity index (χ3n) is 7.95. The first-order valence-electron chi connectivity index (χ1n) is 14.8. The van der Waals surface area contributed by atoms with Crippen molar-refractivity contribution in [3.8, 4) is 11.1 Å². The van der Waals surface area contributed by atoms with Crippen LogP contribution in [-0.4, -0.2) is 57.5 Å². The van der Waals surface area contributed by atoms with Crippen molar-refractivity contribution in [1.82, 2.24) is 20.0 Å². The van der Waals surface area contributed by atoms with Crippen molar-refractivity contribution < 1.29 is 27.9 Å². The van der Waals surface area contributed by atoms with Crippen LogP contribution in [0.15, 0.2) is 41.2 Å². The van der Waals surface area contributed by atoms with Gasteiger partial charge < -0.3 is 10.4 Å². The van der Waals surface area contributed by atoms with E-state index in [9.17, 15) is 23.9 Å². The summed E-state index contributed by atoms with van der Waals surface area (Å²) in [5.41, 5.74) is 2.75. The Balaban J connectivity index is 1.71. The first-order chi connectivity index (χ1) is 20.7. The molecule has 1 fully saturated rings. The van der Waals surface area contributed by atoms with E-state index < -0.39 is 53.7 Å². The lowest BCUT2D eigenvalue weighted by molar-refractivity contribution is -0.138. The van der Waals surface area contributed by atoms with E-state index in [1.165, 1.54) is 6.07 Å². The molecule has 44 heavy (non-hydrogen) atoms. The molecule has 2 heterocycles. The number of hydrogen-bond acceptors (Lipinski definition) is 5. The lowest BCUT2D eigenvalue weighted by Gasteiger charge is -2.34. The molecule has 4 rings (SSSR count). The second kappa shape index (κ2) is 13.8. The number of aliphatic carboxylic acids is 1. The minimum atomic E-state index is -1.44. The zero-order valence-corrected chi connectivity index (χ0v) is 25.7. The smallest absolute Gasteiger partial charge is 0.305 e. The van der Waals surface area contributed by atoms with Gasteiger partial charge in [-0.1, -0.05) is 32.0 Å². The topological polar surface area (TPSA) is 105 Å². The molecule has 0 unspecified atom stereocenters. The number of carboxylic acid groups (broad SMARTS) is 1. The van der Waals surface area contributed by atoms with E-state index in [0.29, 0.717) is 48.4 Å². The average Bonchev–Trinajstić information content (AvgIpc) is 2.92. The molecule has 1 aromatic heterocycles. The highest BCUT2D eigenvalue weighted by Crippen LogP contribution is 2.33. The van der Waals surface area contributed by atoms with E-state index in [1.807, 2.05) is 50.8 Å². The minimum absolute atomic E-state index is 0.0783. The molecule has 11 heteroatoms. The molecule has 0 radical (unpaired) electrons. The number of nitrogens with one attached hydrogen (secondary N) is 1. The first-order valence-corrected chi connectivity index (χ1v) is 14.8. The zero-order valence-electron chi connectivity index (χ0n) is 25.7. The third kappa shape index (κ3) is 7.56. The highest BCUT2D eigenvalue weighted by Gasteiger charge is 2.31. The third-order valence-corrected chi connectivity index (χ3v) is 7.95. The Morgan fingerprint density at radius 3 is 2.32 bits per heavy atom. The van der Waals surface area contributed by atoms with Crippen molar-refractivity contribution in [2.75, 3.05) is 19.6 Å². The Kier molecular flexibility index (Phi) is 10.3. The summed E-state index contributed by atoms with van der Waals surface area (Å²) in [6.07, 6.45) is -0.965. The summed E-state index contributed by atoms with van der Waals surface area (Å²) in [5, 5.41) is 16.8. The number of carbonyl (C=O) groups is 2. The number of halogens is 3. The summed E-state index contributed by atoms with van der Waals surface area (Å²) in [5.74, 6) is -4.59. The van der Waals surface area contributed by atoms with Gasteiger partial charge >= 0.3 is 5.97 Å². The molecule has 1 amide bonds. The molecule has 1 saturated heterocycles. The van der Waals surface area contributed by atoms with E-state index >= 15 is 8.78 Å². The van der Waals surface area contributed by atoms with Crippen LogP contribution in [0.2, 0.25) is 0 Å². The number of rotatable bonds is 12. The van der Waals surface area contributed by atoms with E-state index in [-0.39, 0.29) is 17.9 Å². The van der Waals surface area contributed by atoms with Crippen molar-refractivity contribution in [1.29, 1.82) is 0 Å². The van der Waals surface area contributed by atoms with Crippen LogP contribution in [0, 0.1) is 38.3 Å². The number of benzene rings is 2. The van der Waals surface area contributed by atoms with Crippen LogP contribution >= 0.6 is 0 Å². The van der Waals surface area contributed by atoms with Gasteiger partial charge in [-0.3, -0.25) is 19.3 Å². The Morgan fingerprint density at radius 1 is 1.07 bits per heavy atom.